The third-order valence-electron chi connectivity index (χ3n) is 3.95. The van der Waals surface area contributed by atoms with Crippen LogP contribution in [0.2, 0.25) is 0 Å². The van der Waals surface area contributed by atoms with Gasteiger partial charge in [-0.2, -0.15) is 4.68 Å². The molecule has 2 heterocycles. The second-order valence-electron chi connectivity index (χ2n) is 5.54. The molecule has 7 nitrogen and oxygen atoms in total. The summed E-state index contributed by atoms with van der Waals surface area (Å²) in [5.41, 5.74) is 0.779. The van der Waals surface area contributed by atoms with Crippen molar-refractivity contribution in [3.05, 3.63) is 64.6 Å². The fraction of sp³-hybridized carbons (Fsp3) is 0.235. The smallest absolute Gasteiger partial charge is 0.437 e. The molecule has 25 heavy (non-hydrogen) atoms. The highest BCUT2D eigenvalue weighted by molar-refractivity contribution is 5.76. The Morgan fingerprint density at radius 3 is 2.68 bits per heavy atom. The first kappa shape index (κ1) is 16.7. The van der Waals surface area contributed by atoms with Gasteiger partial charge in [-0.25, -0.2) is 9.18 Å². The van der Waals surface area contributed by atoms with Crippen LogP contribution in [0, 0.1) is 5.82 Å². The molecule has 0 aliphatic carbocycles. The van der Waals surface area contributed by atoms with Crippen LogP contribution in [0.25, 0.3) is 11.7 Å². The summed E-state index contributed by atoms with van der Waals surface area (Å²) in [6, 6.07) is 8.84. The van der Waals surface area contributed by atoms with E-state index in [9.17, 15) is 14.0 Å². The van der Waals surface area contributed by atoms with Crippen LogP contribution in [0.5, 0.6) is 0 Å². The zero-order valence-electron chi connectivity index (χ0n) is 13.7. The van der Waals surface area contributed by atoms with Gasteiger partial charge in [-0.05, 0) is 36.8 Å². The van der Waals surface area contributed by atoms with E-state index in [1.165, 1.54) is 23.3 Å². The number of amides is 1. The Labute approximate surface area is 142 Å². The number of carbonyl (C=O) groups is 1. The lowest BCUT2D eigenvalue weighted by Gasteiger charge is -2.25. The Morgan fingerprint density at radius 2 is 2.04 bits per heavy atom. The summed E-state index contributed by atoms with van der Waals surface area (Å²) in [5, 5.41) is 3.96. The van der Waals surface area contributed by atoms with E-state index in [1.807, 2.05) is 6.92 Å². The van der Waals surface area contributed by atoms with Crippen LogP contribution < -0.4 is 5.76 Å². The fourth-order valence-electron chi connectivity index (χ4n) is 2.33. The molecule has 3 rings (SSSR count). The number of furan rings is 1. The average molecular weight is 345 g/mol. The minimum Gasteiger partial charge on any atom is -0.459 e. The number of likely N-dealkylation sites (N-methyl/N-ethyl adjacent to an activating group) is 1. The zero-order chi connectivity index (χ0) is 18.0. The van der Waals surface area contributed by atoms with Crippen LogP contribution in [0.3, 0.4) is 0 Å². The molecule has 0 aliphatic rings. The van der Waals surface area contributed by atoms with Crippen LogP contribution in [-0.4, -0.2) is 27.6 Å². The average Bonchev–Trinajstić information content (AvgIpc) is 3.24. The maximum atomic E-state index is 13.0. The number of benzene rings is 1. The molecule has 1 aromatic carbocycles. The second-order valence-corrected chi connectivity index (χ2v) is 5.54. The van der Waals surface area contributed by atoms with Crippen molar-refractivity contribution in [1.29, 1.82) is 0 Å². The van der Waals surface area contributed by atoms with Crippen molar-refractivity contribution in [2.24, 2.45) is 0 Å². The predicted molar refractivity (Wildman–Crippen MR) is 86.1 cm³/mol. The molecule has 2 aromatic heterocycles. The van der Waals surface area contributed by atoms with Crippen molar-refractivity contribution < 1.29 is 18.0 Å². The minimum absolute atomic E-state index is 0.0111. The van der Waals surface area contributed by atoms with Crippen LogP contribution in [0.15, 0.2) is 56.3 Å². The fourth-order valence-corrected chi connectivity index (χ4v) is 2.33. The van der Waals surface area contributed by atoms with Gasteiger partial charge >= 0.3 is 5.76 Å². The van der Waals surface area contributed by atoms with Gasteiger partial charge in [-0.1, -0.05) is 12.1 Å². The molecule has 8 heteroatoms. The summed E-state index contributed by atoms with van der Waals surface area (Å²) in [6.07, 6.45) is 1.43. The van der Waals surface area contributed by atoms with Gasteiger partial charge < -0.3 is 13.7 Å². The summed E-state index contributed by atoms with van der Waals surface area (Å²) in [6.45, 7) is 1.54. The first-order valence-corrected chi connectivity index (χ1v) is 7.58. The van der Waals surface area contributed by atoms with E-state index >= 15 is 0 Å². The first-order chi connectivity index (χ1) is 12.0. The molecule has 0 fully saturated rings. The van der Waals surface area contributed by atoms with Gasteiger partial charge in [0.1, 0.15) is 12.4 Å². The molecule has 0 spiro atoms. The third-order valence-corrected chi connectivity index (χ3v) is 3.95. The van der Waals surface area contributed by atoms with E-state index in [-0.39, 0.29) is 30.2 Å². The number of rotatable bonds is 5. The maximum absolute atomic E-state index is 13.0. The minimum atomic E-state index is -0.748. The molecule has 0 saturated carbocycles. The van der Waals surface area contributed by atoms with Crippen molar-refractivity contribution >= 4 is 5.91 Å². The highest BCUT2D eigenvalue weighted by Crippen LogP contribution is 2.19. The molecular weight excluding hydrogens is 329 g/mol. The van der Waals surface area contributed by atoms with Crippen molar-refractivity contribution in [2.45, 2.75) is 19.5 Å². The van der Waals surface area contributed by atoms with Gasteiger partial charge in [0.25, 0.3) is 5.89 Å². The third kappa shape index (κ3) is 3.52. The summed E-state index contributed by atoms with van der Waals surface area (Å²) in [4.78, 5) is 25.7. The SMILES string of the molecule is C[C@@H](c1ccc(F)cc1)N(C)C(=O)Cn1nc(-c2ccco2)oc1=O. The number of carbonyl (C=O) groups excluding carboxylic acids is 1. The molecule has 0 saturated heterocycles. The van der Waals surface area contributed by atoms with E-state index in [1.54, 1.807) is 31.3 Å². The highest BCUT2D eigenvalue weighted by Gasteiger charge is 2.21. The van der Waals surface area contributed by atoms with Gasteiger partial charge in [0.15, 0.2) is 5.76 Å². The Balaban J connectivity index is 1.73. The molecule has 1 amide bonds. The van der Waals surface area contributed by atoms with Gasteiger partial charge in [0, 0.05) is 7.05 Å². The number of nitrogens with zero attached hydrogens (tertiary/aromatic N) is 3. The standard InChI is InChI=1S/C17H16FN3O4/c1-11(12-5-7-13(18)8-6-12)20(2)15(22)10-21-17(23)25-16(19-21)14-4-3-9-24-14/h3-9,11H,10H2,1-2H3/t11-/m0/s1. The van der Waals surface area contributed by atoms with Gasteiger partial charge in [-0.3, -0.25) is 4.79 Å². The van der Waals surface area contributed by atoms with E-state index in [0.717, 1.165) is 10.2 Å². The van der Waals surface area contributed by atoms with E-state index in [4.69, 9.17) is 8.83 Å². The Morgan fingerprint density at radius 1 is 1.32 bits per heavy atom. The molecule has 0 radical (unpaired) electrons. The van der Waals surface area contributed by atoms with Crippen LogP contribution in [0.1, 0.15) is 18.5 Å². The summed E-state index contributed by atoms with van der Waals surface area (Å²) in [7, 11) is 1.61. The van der Waals surface area contributed by atoms with Crippen molar-refractivity contribution in [3.63, 3.8) is 0 Å². The summed E-state index contributed by atoms with van der Waals surface area (Å²) >= 11 is 0. The largest absolute Gasteiger partial charge is 0.459 e. The van der Waals surface area contributed by atoms with E-state index in [0.29, 0.717) is 5.76 Å². The summed E-state index contributed by atoms with van der Waals surface area (Å²) < 4.78 is 24.1. The number of hydrogen-bond donors (Lipinski definition) is 0. The molecule has 0 unspecified atom stereocenters. The van der Waals surface area contributed by atoms with E-state index in [2.05, 4.69) is 5.10 Å². The Bertz CT molecular complexity index is 912. The van der Waals surface area contributed by atoms with Crippen LogP contribution in [-0.2, 0) is 11.3 Å². The topological polar surface area (TPSA) is 81.5 Å². The lowest BCUT2D eigenvalue weighted by atomic mass is 10.1. The number of aromatic nitrogens is 2. The van der Waals surface area contributed by atoms with Gasteiger partial charge in [-0.15, -0.1) is 5.10 Å². The molecule has 0 aliphatic heterocycles. The molecule has 130 valence electrons. The predicted octanol–water partition coefficient (Wildman–Crippen LogP) is 2.46. The lowest BCUT2D eigenvalue weighted by Crippen LogP contribution is -2.35. The second kappa shape index (κ2) is 6.76. The maximum Gasteiger partial charge on any atom is 0.437 e. The lowest BCUT2D eigenvalue weighted by molar-refractivity contribution is -0.132. The number of halogens is 1. The van der Waals surface area contributed by atoms with Gasteiger partial charge in [0.2, 0.25) is 5.91 Å². The molecule has 0 N–H and O–H groups in total. The van der Waals surface area contributed by atoms with Gasteiger partial charge in [0.05, 0.1) is 12.3 Å². The normalized spacial score (nSPS) is 12.1. The molecular formula is C17H16FN3O4. The number of hydrogen-bond acceptors (Lipinski definition) is 5. The molecule has 3 aromatic rings. The van der Waals surface area contributed by atoms with Crippen LogP contribution >= 0.6 is 0 Å². The van der Waals surface area contributed by atoms with E-state index < -0.39 is 5.76 Å². The first-order valence-electron chi connectivity index (χ1n) is 7.58. The van der Waals surface area contributed by atoms with Crippen LogP contribution in [0.4, 0.5) is 4.39 Å². The molecule has 0 bridgehead atoms. The monoisotopic (exact) mass is 345 g/mol. The zero-order valence-corrected chi connectivity index (χ0v) is 13.7. The Kier molecular flexibility index (Phi) is 4.51. The van der Waals surface area contributed by atoms with Crippen molar-refractivity contribution in [2.75, 3.05) is 7.05 Å². The molecule has 1 atom stereocenters. The quantitative estimate of drug-likeness (QED) is 0.709. The summed E-state index contributed by atoms with van der Waals surface area (Å²) in [5.74, 6) is -1.11. The Hall–Kier alpha value is -3.16. The van der Waals surface area contributed by atoms with Crippen molar-refractivity contribution in [3.8, 4) is 11.7 Å². The highest BCUT2D eigenvalue weighted by atomic mass is 19.1. The van der Waals surface area contributed by atoms with Crippen molar-refractivity contribution in [1.82, 2.24) is 14.7 Å².